The first-order valence-electron chi connectivity index (χ1n) is 9.89. The Morgan fingerprint density at radius 1 is 0.913 bits per heavy atom. The van der Waals surface area contributed by atoms with Crippen molar-refractivity contribution in [1.29, 1.82) is 0 Å². The molecule has 0 N–H and O–H groups in total. The number of rotatable bonds is 8. The molecule has 3 nitrogen and oxygen atoms in total. The zero-order chi connectivity index (χ0) is 17.1. The van der Waals surface area contributed by atoms with E-state index >= 15 is 0 Å². The Balaban J connectivity index is 0.000000231. The van der Waals surface area contributed by atoms with Crippen LogP contribution in [0.4, 0.5) is 0 Å². The maximum absolute atomic E-state index is 5.55. The monoisotopic (exact) mass is 327 g/mol. The Labute approximate surface area is 145 Å². The van der Waals surface area contributed by atoms with Gasteiger partial charge in [-0.1, -0.05) is 25.7 Å². The van der Waals surface area contributed by atoms with Gasteiger partial charge in [0.15, 0.2) is 0 Å². The predicted octanol–water partition coefficient (Wildman–Crippen LogP) is 4.74. The maximum Gasteiger partial charge on any atom is 0.0519 e. The van der Waals surface area contributed by atoms with Crippen LogP contribution < -0.4 is 0 Å². The molecule has 2 aliphatic rings. The lowest BCUT2D eigenvalue weighted by molar-refractivity contribution is 0.0536. The molecule has 3 heteroatoms. The molecule has 0 bridgehead atoms. The lowest BCUT2D eigenvalue weighted by Gasteiger charge is -2.12. The highest BCUT2D eigenvalue weighted by Crippen LogP contribution is 2.28. The first-order chi connectivity index (χ1) is 11.0. The third-order valence-electron chi connectivity index (χ3n) is 4.84. The van der Waals surface area contributed by atoms with Crippen molar-refractivity contribution in [1.82, 2.24) is 4.90 Å². The lowest BCUT2D eigenvalue weighted by atomic mass is 10.0. The molecule has 2 fully saturated rings. The van der Waals surface area contributed by atoms with E-state index in [-0.39, 0.29) is 0 Å². The van der Waals surface area contributed by atoms with Crippen molar-refractivity contribution in [3.8, 4) is 0 Å². The fourth-order valence-corrected chi connectivity index (χ4v) is 3.48. The Kier molecular flexibility index (Phi) is 11.2. The normalized spacial score (nSPS) is 22.8. The van der Waals surface area contributed by atoms with Gasteiger partial charge < -0.3 is 14.4 Å². The van der Waals surface area contributed by atoms with E-state index in [1.807, 2.05) is 0 Å². The SMILES string of the molecule is CC(C)OCC1CCN(C)C1.CC(C)OCCCC1CCCC1. The van der Waals surface area contributed by atoms with Gasteiger partial charge in [0.25, 0.3) is 0 Å². The quantitative estimate of drug-likeness (QED) is 0.601. The summed E-state index contributed by atoms with van der Waals surface area (Å²) in [6.07, 6.45) is 10.7. The van der Waals surface area contributed by atoms with Crippen LogP contribution in [-0.4, -0.2) is 50.5 Å². The average molecular weight is 328 g/mol. The van der Waals surface area contributed by atoms with Crippen molar-refractivity contribution < 1.29 is 9.47 Å². The molecule has 0 aromatic heterocycles. The predicted molar refractivity (Wildman–Crippen MR) is 99.0 cm³/mol. The van der Waals surface area contributed by atoms with E-state index in [1.165, 1.54) is 58.0 Å². The summed E-state index contributed by atoms with van der Waals surface area (Å²) in [5.41, 5.74) is 0. The lowest BCUT2D eigenvalue weighted by Crippen LogP contribution is -2.18. The highest BCUT2D eigenvalue weighted by atomic mass is 16.5. The minimum absolute atomic E-state index is 0.390. The van der Waals surface area contributed by atoms with E-state index in [4.69, 9.17) is 9.47 Å². The fraction of sp³-hybridized carbons (Fsp3) is 1.00. The summed E-state index contributed by atoms with van der Waals surface area (Å²) >= 11 is 0. The molecule has 1 atom stereocenters. The number of likely N-dealkylation sites (tertiary alicyclic amines) is 1. The smallest absolute Gasteiger partial charge is 0.0519 e. The van der Waals surface area contributed by atoms with E-state index in [9.17, 15) is 0 Å². The first kappa shape index (κ1) is 20.9. The van der Waals surface area contributed by atoms with Gasteiger partial charge >= 0.3 is 0 Å². The van der Waals surface area contributed by atoms with Gasteiger partial charge in [0.2, 0.25) is 0 Å². The molecule has 1 unspecified atom stereocenters. The number of hydrogen-bond acceptors (Lipinski definition) is 3. The van der Waals surface area contributed by atoms with Crippen molar-refractivity contribution in [2.24, 2.45) is 11.8 Å². The van der Waals surface area contributed by atoms with Gasteiger partial charge in [-0.3, -0.25) is 0 Å². The number of ether oxygens (including phenoxy) is 2. The topological polar surface area (TPSA) is 21.7 Å². The molecule has 23 heavy (non-hydrogen) atoms. The third-order valence-corrected chi connectivity index (χ3v) is 4.84. The molecule has 1 heterocycles. The molecule has 0 aromatic carbocycles. The molecule has 138 valence electrons. The zero-order valence-electron chi connectivity index (χ0n) is 16.4. The highest BCUT2D eigenvalue weighted by molar-refractivity contribution is 4.72. The molecular weight excluding hydrogens is 286 g/mol. The molecule has 0 aromatic rings. The van der Waals surface area contributed by atoms with Crippen LogP contribution in [0, 0.1) is 11.8 Å². The second-order valence-electron chi connectivity index (χ2n) is 8.01. The van der Waals surface area contributed by atoms with Crippen LogP contribution in [0.1, 0.15) is 72.6 Å². The molecule has 2 rings (SSSR count). The molecular formula is C20H41NO2. The van der Waals surface area contributed by atoms with Gasteiger partial charge in [-0.15, -0.1) is 0 Å². The zero-order valence-corrected chi connectivity index (χ0v) is 16.4. The van der Waals surface area contributed by atoms with Gasteiger partial charge in [0, 0.05) is 13.2 Å². The largest absolute Gasteiger partial charge is 0.379 e. The van der Waals surface area contributed by atoms with Crippen molar-refractivity contribution in [2.45, 2.75) is 84.8 Å². The van der Waals surface area contributed by atoms with Crippen LogP contribution in [0.5, 0.6) is 0 Å². The summed E-state index contributed by atoms with van der Waals surface area (Å²) in [5, 5.41) is 0. The number of nitrogens with zero attached hydrogens (tertiary/aromatic N) is 1. The van der Waals surface area contributed by atoms with Gasteiger partial charge in [-0.05, 0) is 72.4 Å². The molecule has 0 spiro atoms. The van der Waals surface area contributed by atoms with E-state index in [1.54, 1.807) is 0 Å². The van der Waals surface area contributed by atoms with Crippen molar-refractivity contribution in [3.05, 3.63) is 0 Å². The molecule has 1 aliphatic carbocycles. The summed E-state index contributed by atoms with van der Waals surface area (Å²) in [7, 11) is 2.18. The summed E-state index contributed by atoms with van der Waals surface area (Å²) in [5.74, 6) is 1.81. The minimum Gasteiger partial charge on any atom is -0.379 e. The van der Waals surface area contributed by atoms with Gasteiger partial charge in [-0.2, -0.15) is 0 Å². The average Bonchev–Trinajstić information content (AvgIpc) is 3.13. The second-order valence-corrected chi connectivity index (χ2v) is 8.01. The van der Waals surface area contributed by atoms with Gasteiger partial charge in [0.1, 0.15) is 0 Å². The standard InChI is InChI=1S/C11H22O.C9H19NO/c1-10(2)12-9-5-8-11-6-3-4-7-11;1-8(2)11-7-9-4-5-10(3)6-9/h10-11H,3-9H2,1-2H3;8-9H,4-7H2,1-3H3. The maximum atomic E-state index is 5.55. The van der Waals surface area contributed by atoms with Crippen LogP contribution in [0.25, 0.3) is 0 Å². The molecule has 1 saturated carbocycles. The summed E-state index contributed by atoms with van der Waals surface area (Å²) < 4.78 is 11.0. The molecule has 1 aliphatic heterocycles. The molecule has 1 saturated heterocycles. The van der Waals surface area contributed by atoms with Crippen LogP contribution >= 0.6 is 0 Å². The van der Waals surface area contributed by atoms with Crippen molar-refractivity contribution in [2.75, 3.05) is 33.4 Å². The van der Waals surface area contributed by atoms with Crippen LogP contribution in [0.15, 0.2) is 0 Å². The summed E-state index contributed by atoms with van der Waals surface area (Å²) in [4.78, 5) is 2.37. The van der Waals surface area contributed by atoms with Crippen LogP contribution in [-0.2, 0) is 9.47 Å². The Bertz CT molecular complexity index is 275. The first-order valence-corrected chi connectivity index (χ1v) is 9.89. The second kappa shape index (κ2) is 12.3. The van der Waals surface area contributed by atoms with Gasteiger partial charge in [-0.25, -0.2) is 0 Å². The van der Waals surface area contributed by atoms with Crippen LogP contribution in [0.3, 0.4) is 0 Å². The Hall–Kier alpha value is -0.120. The van der Waals surface area contributed by atoms with Crippen LogP contribution in [0.2, 0.25) is 0 Å². The molecule has 0 amide bonds. The Morgan fingerprint density at radius 3 is 2.09 bits per heavy atom. The summed E-state index contributed by atoms with van der Waals surface area (Å²) in [6, 6.07) is 0. The van der Waals surface area contributed by atoms with E-state index < -0.39 is 0 Å². The van der Waals surface area contributed by atoms with Crippen molar-refractivity contribution >= 4 is 0 Å². The fourth-order valence-electron chi connectivity index (χ4n) is 3.48. The highest BCUT2D eigenvalue weighted by Gasteiger charge is 2.19. The van der Waals surface area contributed by atoms with E-state index in [0.717, 1.165) is 25.0 Å². The minimum atomic E-state index is 0.390. The van der Waals surface area contributed by atoms with E-state index in [2.05, 4.69) is 39.6 Å². The summed E-state index contributed by atoms with van der Waals surface area (Å²) in [6.45, 7) is 12.8. The van der Waals surface area contributed by atoms with E-state index in [0.29, 0.717) is 12.2 Å². The van der Waals surface area contributed by atoms with Gasteiger partial charge in [0.05, 0.1) is 18.8 Å². The third kappa shape index (κ3) is 11.1. The molecule has 0 radical (unpaired) electrons. The van der Waals surface area contributed by atoms with Crippen molar-refractivity contribution in [3.63, 3.8) is 0 Å². The Morgan fingerprint density at radius 2 is 1.57 bits per heavy atom. The number of hydrogen-bond donors (Lipinski definition) is 0.